The van der Waals surface area contributed by atoms with Crippen molar-refractivity contribution in [2.75, 3.05) is 19.3 Å². The van der Waals surface area contributed by atoms with Gasteiger partial charge in [0.05, 0.1) is 11.0 Å². The molecule has 4 nitrogen and oxygen atoms in total. The molecule has 0 radical (unpaired) electrons. The van der Waals surface area contributed by atoms with Crippen LogP contribution in [0.5, 0.6) is 5.75 Å². The highest BCUT2D eigenvalue weighted by Gasteiger charge is 2.15. The molecule has 6 heteroatoms. The SMILES string of the molecule is C[C@H](CCC1CCNCC1)Oc1ccc(S(C)(=O)=O)cc1.Cl. The third kappa shape index (κ3) is 6.15. The van der Waals surface area contributed by atoms with E-state index >= 15 is 0 Å². The van der Waals surface area contributed by atoms with E-state index in [-0.39, 0.29) is 18.5 Å². The number of piperidine rings is 1. The molecule has 1 fully saturated rings. The highest BCUT2D eigenvalue weighted by Crippen LogP contribution is 2.22. The molecule has 1 atom stereocenters. The first-order valence-electron chi connectivity index (χ1n) is 7.62. The van der Waals surface area contributed by atoms with Gasteiger partial charge in [0.25, 0.3) is 0 Å². The minimum Gasteiger partial charge on any atom is -0.491 e. The van der Waals surface area contributed by atoms with E-state index in [9.17, 15) is 8.42 Å². The Hall–Kier alpha value is -0.780. The van der Waals surface area contributed by atoms with Crippen molar-refractivity contribution in [1.82, 2.24) is 5.32 Å². The zero-order valence-electron chi connectivity index (χ0n) is 13.2. The molecule has 126 valence electrons. The van der Waals surface area contributed by atoms with E-state index in [4.69, 9.17) is 4.74 Å². The van der Waals surface area contributed by atoms with Crippen LogP contribution in [-0.4, -0.2) is 33.9 Å². The third-order valence-electron chi connectivity index (χ3n) is 4.03. The molecule has 1 N–H and O–H groups in total. The molecular weight excluding hydrogens is 322 g/mol. The molecule has 1 heterocycles. The number of rotatable bonds is 6. The first kappa shape index (κ1) is 19.3. The summed E-state index contributed by atoms with van der Waals surface area (Å²) in [6.45, 7) is 4.34. The second-order valence-electron chi connectivity index (χ2n) is 5.94. The van der Waals surface area contributed by atoms with Crippen molar-refractivity contribution in [1.29, 1.82) is 0 Å². The van der Waals surface area contributed by atoms with Gasteiger partial charge in [-0.25, -0.2) is 8.42 Å². The average Bonchev–Trinajstić information content (AvgIpc) is 2.46. The fourth-order valence-electron chi connectivity index (χ4n) is 2.70. The summed E-state index contributed by atoms with van der Waals surface area (Å²) >= 11 is 0. The van der Waals surface area contributed by atoms with Crippen LogP contribution in [0.3, 0.4) is 0 Å². The summed E-state index contributed by atoms with van der Waals surface area (Å²) in [4.78, 5) is 0.331. The topological polar surface area (TPSA) is 55.4 Å². The summed E-state index contributed by atoms with van der Waals surface area (Å²) in [5.41, 5.74) is 0. The van der Waals surface area contributed by atoms with Gasteiger partial charge in [-0.15, -0.1) is 12.4 Å². The maximum absolute atomic E-state index is 11.4. The van der Waals surface area contributed by atoms with Crippen LogP contribution in [0, 0.1) is 5.92 Å². The lowest BCUT2D eigenvalue weighted by Crippen LogP contribution is -2.28. The second-order valence-corrected chi connectivity index (χ2v) is 7.96. The van der Waals surface area contributed by atoms with Gasteiger partial charge >= 0.3 is 0 Å². The molecule has 1 saturated heterocycles. The predicted octanol–water partition coefficient (Wildman–Crippen LogP) is 3.06. The van der Waals surface area contributed by atoms with Gasteiger partial charge in [0.2, 0.25) is 0 Å². The lowest BCUT2D eigenvalue weighted by Gasteiger charge is -2.24. The van der Waals surface area contributed by atoms with E-state index < -0.39 is 9.84 Å². The number of hydrogen-bond donors (Lipinski definition) is 1. The summed E-state index contributed by atoms with van der Waals surface area (Å²) < 4.78 is 28.7. The maximum atomic E-state index is 11.4. The second kappa shape index (κ2) is 8.75. The van der Waals surface area contributed by atoms with Crippen LogP contribution in [0.2, 0.25) is 0 Å². The summed E-state index contributed by atoms with van der Waals surface area (Å²) in [6, 6.07) is 6.67. The molecule has 0 spiro atoms. The van der Waals surface area contributed by atoms with Gasteiger partial charge in [-0.3, -0.25) is 0 Å². The number of ether oxygens (including phenoxy) is 1. The van der Waals surface area contributed by atoms with Crippen LogP contribution < -0.4 is 10.1 Å². The van der Waals surface area contributed by atoms with E-state index in [1.54, 1.807) is 24.3 Å². The van der Waals surface area contributed by atoms with Crippen molar-refractivity contribution in [2.45, 2.75) is 43.6 Å². The predicted molar refractivity (Wildman–Crippen MR) is 91.7 cm³/mol. The van der Waals surface area contributed by atoms with Crippen LogP contribution in [-0.2, 0) is 9.84 Å². The normalized spacial score (nSPS) is 17.5. The van der Waals surface area contributed by atoms with E-state index in [1.165, 1.54) is 25.5 Å². The Morgan fingerprint density at radius 1 is 1.23 bits per heavy atom. The summed E-state index contributed by atoms with van der Waals surface area (Å²) in [5.74, 6) is 1.55. The average molecular weight is 348 g/mol. The summed E-state index contributed by atoms with van der Waals surface area (Å²) in [6.07, 6.45) is 6.13. The molecule has 1 aromatic carbocycles. The van der Waals surface area contributed by atoms with E-state index in [2.05, 4.69) is 12.2 Å². The number of sulfone groups is 1. The molecule has 2 rings (SSSR count). The molecule has 0 amide bonds. The van der Waals surface area contributed by atoms with Gasteiger partial charge in [-0.2, -0.15) is 0 Å². The standard InChI is InChI=1S/C16H25NO3S.ClH/c1-13(3-4-14-9-11-17-12-10-14)20-15-5-7-16(8-6-15)21(2,18)19;/h5-8,13-14,17H,3-4,9-12H2,1-2H3;1H/t13-;/m1./s1. The number of benzene rings is 1. The number of halogens is 1. The fourth-order valence-corrected chi connectivity index (χ4v) is 3.33. The Kier molecular flexibility index (Phi) is 7.66. The quantitative estimate of drug-likeness (QED) is 0.859. The monoisotopic (exact) mass is 347 g/mol. The molecule has 1 aliphatic heterocycles. The molecule has 0 aromatic heterocycles. The highest BCUT2D eigenvalue weighted by molar-refractivity contribution is 7.90. The van der Waals surface area contributed by atoms with Gasteiger partial charge in [0, 0.05) is 6.26 Å². The van der Waals surface area contributed by atoms with Crippen LogP contribution in [0.4, 0.5) is 0 Å². The Morgan fingerprint density at radius 2 is 1.82 bits per heavy atom. The molecular formula is C16H26ClNO3S. The van der Waals surface area contributed by atoms with Crippen LogP contribution in [0.1, 0.15) is 32.6 Å². The molecule has 0 bridgehead atoms. The molecule has 0 aliphatic carbocycles. The Morgan fingerprint density at radius 3 is 2.36 bits per heavy atom. The summed E-state index contributed by atoms with van der Waals surface area (Å²) in [7, 11) is -3.13. The maximum Gasteiger partial charge on any atom is 0.175 e. The van der Waals surface area contributed by atoms with Crippen LogP contribution >= 0.6 is 12.4 Å². The van der Waals surface area contributed by atoms with Gasteiger partial charge in [0.1, 0.15) is 5.75 Å². The van der Waals surface area contributed by atoms with Crippen LogP contribution in [0.25, 0.3) is 0 Å². The molecule has 0 unspecified atom stereocenters. The van der Waals surface area contributed by atoms with Gasteiger partial charge in [0.15, 0.2) is 9.84 Å². The smallest absolute Gasteiger partial charge is 0.175 e. The van der Waals surface area contributed by atoms with E-state index in [0.29, 0.717) is 4.90 Å². The Balaban J connectivity index is 0.00000242. The van der Waals surface area contributed by atoms with Gasteiger partial charge < -0.3 is 10.1 Å². The first-order chi connectivity index (χ1) is 9.95. The van der Waals surface area contributed by atoms with Crippen molar-refractivity contribution in [3.05, 3.63) is 24.3 Å². The zero-order valence-corrected chi connectivity index (χ0v) is 14.9. The molecule has 1 aliphatic rings. The Labute approximate surface area is 140 Å². The number of hydrogen-bond acceptors (Lipinski definition) is 4. The third-order valence-corrected chi connectivity index (χ3v) is 5.16. The molecule has 0 saturated carbocycles. The zero-order chi connectivity index (χ0) is 15.3. The minimum absolute atomic E-state index is 0. The van der Waals surface area contributed by atoms with Crippen molar-refractivity contribution in [3.63, 3.8) is 0 Å². The van der Waals surface area contributed by atoms with E-state index in [0.717, 1.165) is 31.2 Å². The minimum atomic E-state index is -3.13. The lowest BCUT2D eigenvalue weighted by atomic mass is 9.92. The highest BCUT2D eigenvalue weighted by atomic mass is 35.5. The number of nitrogens with one attached hydrogen (secondary N) is 1. The van der Waals surface area contributed by atoms with Crippen molar-refractivity contribution >= 4 is 22.2 Å². The molecule has 22 heavy (non-hydrogen) atoms. The van der Waals surface area contributed by atoms with Gasteiger partial charge in [-0.05, 0) is 75.9 Å². The first-order valence-corrected chi connectivity index (χ1v) is 9.52. The largest absolute Gasteiger partial charge is 0.491 e. The summed E-state index contributed by atoms with van der Waals surface area (Å²) in [5, 5.41) is 3.38. The van der Waals surface area contributed by atoms with Crippen molar-refractivity contribution in [2.24, 2.45) is 5.92 Å². The fraction of sp³-hybridized carbons (Fsp3) is 0.625. The van der Waals surface area contributed by atoms with Crippen molar-refractivity contribution in [3.8, 4) is 5.75 Å². The van der Waals surface area contributed by atoms with Crippen molar-refractivity contribution < 1.29 is 13.2 Å². The Bertz CT molecular complexity index is 539. The lowest BCUT2D eigenvalue weighted by molar-refractivity contribution is 0.192. The molecule has 1 aromatic rings. The van der Waals surface area contributed by atoms with E-state index in [1.807, 2.05) is 0 Å². The van der Waals surface area contributed by atoms with Crippen LogP contribution in [0.15, 0.2) is 29.2 Å². The van der Waals surface area contributed by atoms with Gasteiger partial charge in [-0.1, -0.05) is 0 Å².